The Kier molecular flexibility index (Phi) is 6.90. The Bertz CT molecular complexity index is 367. The molecule has 0 N–H and O–H groups in total. The number of ether oxygens (including phenoxy) is 1. The fourth-order valence-electron chi connectivity index (χ4n) is 3.44. The van der Waals surface area contributed by atoms with Crippen molar-refractivity contribution in [2.45, 2.75) is 57.6 Å². The third kappa shape index (κ3) is 5.40. The van der Waals surface area contributed by atoms with E-state index in [4.69, 9.17) is 4.74 Å². The predicted molar refractivity (Wildman–Crippen MR) is 89.8 cm³/mol. The first kappa shape index (κ1) is 17.5. The van der Waals surface area contributed by atoms with E-state index in [2.05, 4.69) is 16.7 Å². The van der Waals surface area contributed by atoms with Crippen LogP contribution in [-0.4, -0.2) is 61.6 Å². The topological polar surface area (TPSA) is 32.8 Å². The average Bonchev–Trinajstić information content (AvgIpc) is 2.98. The first-order chi connectivity index (χ1) is 10.6. The van der Waals surface area contributed by atoms with Crippen molar-refractivity contribution in [3.63, 3.8) is 0 Å². The van der Waals surface area contributed by atoms with Gasteiger partial charge < -0.3 is 14.5 Å². The molecule has 1 aliphatic carbocycles. The van der Waals surface area contributed by atoms with Gasteiger partial charge in [0, 0.05) is 31.8 Å². The number of rotatable bonds is 6. The summed E-state index contributed by atoms with van der Waals surface area (Å²) in [7, 11) is 4.03. The lowest BCUT2D eigenvalue weighted by Crippen LogP contribution is -2.45. The third-order valence-corrected chi connectivity index (χ3v) is 4.86. The van der Waals surface area contributed by atoms with Crippen LogP contribution in [0.25, 0.3) is 0 Å². The Balaban J connectivity index is 1.96. The van der Waals surface area contributed by atoms with E-state index in [9.17, 15) is 4.79 Å². The predicted octanol–water partition coefficient (Wildman–Crippen LogP) is 2.69. The van der Waals surface area contributed by atoms with Crippen molar-refractivity contribution in [3.05, 3.63) is 12.2 Å². The minimum Gasteiger partial charge on any atom is -0.376 e. The molecule has 4 heteroatoms. The van der Waals surface area contributed by atoms with Gasteiger partial charge in [-0.15, -0.1) is 0 Å². The molecule has 1 heterocycles. The van der Waals surface area contributed by atoms with E-state index in [-0.39, 0.29) is 12.0 Å². The summed E-state index contributed by atoms with van der Waals surface area (Å²) in [6.07, 6.45) is 10.9. The number of carbonyl (C=O) groups excluding carboxylic acids is 1. The maximum atomic E-state index is 12.7. The third-order valence-electron chi connectivity index (χ3n) is 4.86. The summed E-state index contributed by atoms with van der Waals surface area (Å²) in [6.45, 7) is 4.75. The molecular weight excluding hydrogens is 276 g/mol. The highest BCUT2D eigenvalue weighted by atomic mass is 16.5. The van der Waals surface area contributed by atoms with Crippen molar-refractivity contribution in [3.8, 4) is 0 Å². The Hall–Kier alpha value is -0.870. The minimum absolute atomic E-state index is 0.164. The largest absolute Gasteiger partial charge is 0.376 e. The molecule has 0 bridgehead atoms. The molecule has 1 saturated heterocycles. The summed E-state index contributed by atoms with van der Waals surface area (Å²) in [6, 6.07) is 0.400. The van der Waals surface area contributed by atoms with E-state index in [0.717, 1.165) is 51.3 Å². The van der Waals surface area contributed by atoms with E-state index >= 15 is 0 Å². The van der Waals surface area contributed by atoms with Crippen molar-refractivity contribution in [1.29, 1.82) is 0 Å². The van der Waals surface area contributed by atoms with Crippen LogP contribution in [0.3, 0.4) is 0 Å². The molecule has 0 radical (unpaired) electrons. The van der Waals surface area contributed by atoms with Gasteiger partial charge in [-0.3, -0.25) is 4.79 Å². The van der Waals surface area contributed by atoms with Gasteiger partial charge in [0.05, 0.1) is 6.10 Å². The monoisotopic (exact) mass is 308 g/mol. The zero-order valence-corrected chi connectivity index (χ0v) is 14.5. The lowest BCUT2D eigenvalue weighted by molar-refractivity contribution is -0.131. The lowest BCUT2D eigenvalue weighted by atomic mass is 9.86. The molecule has 2 fully saturated rings. The fourth-order valence-corrected chi connectivity index (χ4v) is 3.44. The van der Waals surface area contributed by atoms with Gasteiger partial charge in [0.15, 0.2) is 0 Å². The highest BCUT2D eigenvalue weighted by Gasteiger charge is 2.29. The molecule has 1 atom stereocenters. The van der Waals surface area contributed by atoms with Crippen LogP contribution < -0.4 is 0 Å². The van der Waals surface area contributed by atoms with E-state index in [1.165, 1.54) is 12.8 Å². The second-order valence-electron chi connectivity index (χ2n) is 7.20. The molecule has 0 aromatic heterocycles. The van der Waals surface area contributed by atoms with Crippen molar-refractivity contribution in [2.75, 3.05) is 33.8 Å². The summed E-state index contributed by atoms with van der Waals surface area (Å²) < 4.78 is 5.76. The van der Waals surface area contributed by atoms with Gasteiger partial charge in [-0.05, 0) is 58.5 Å². The SMILES string of the molecule is CC1CCC(N(CC2CCCO2)C(=O)/C=C/CN(C)C)CC1. The number of likely N-dealkylation sites (N-methyl/N-ethyl adjacent to an activating group) is 1. The van der Waals surface area contributed by atoms with Gasteiger partial charge in [-0.1, -0.05) is 13.0 Å². The van der Waals surface area contributed by atoms with Crippen LogP contribution in [0.2, 0.25) is 0 Å². The fraction of sp³-hybridized carbons (Fsp3) is 0.833. The number of amides is 1. The van der Waals surface area contributed by atoms with Gasteiger partial charge in [0.2, 0.25) is 5.91 Å². The molecule has 126 valence electrons. The summed E-state index contributed by atoms with van der Waals surface area (Å²) in [4.78, 5) is 16.8. The van der Waals surface area contributed by atoms with Crippen LogP contribution in [0.15, 0.2) is 12.2 Å². The normalized spacial score (nSPS) is 29.4. The van der Waals surface area contributed by atoms with Crippen LogP contribution in [0.1, 0.15) is 45.4 Å². The van der Waals surface area contributed by atoms with Gasteiger partial charge in [-0.2, -0.15) is 0 Å². The molecule has 0 spiro atoms. The highest BCUT2D eigenvalue weighted by Crippen LogP contribution is 2.28. The van der Waals surface area contributed by atoms with Crippen LogP contribution in [0.4, 0.5) is 0 Å². The molecule has 2 rings (SSSR count). The molecule has 1 unspecified atom stereocenters. The van der Waals surface area contributed by atoms with Gasteiger partial charge in [0.1, 0.15) is 0 Å². The number of hydrogen-bond donors (Lipinski definition) is 0. The van der Waals surface area contributed by atoms with Crippen LogP contribution in [-0.2, 0) is 9.53 Å². The minimum atomic E-state index is 0.164. The molecule has 1 aliphatic heterocycles. The molecule has 1 saturated carbocycles. The van der Waals surface area contributed by atoms with Gasteiger partial charge >= 0.3 is 0 Å². The van der Waals surface area contributed by atoms with Crippen LogP contribution >= 0.6 is 0 Å². The Labute approximate surface area is 135 Å². The Morgan fingerprint density at radius 3 is 2.50 bits per heavy atom. The maximum Gasteiger partial charge on any atom is 0.246 e. The van der Waals surface area contributed by atoms with Crippen molar-refractivity contribution < 1.29 is 9.53 Å². The second-order valence-corrected chi connectivity index (χ2v) is 7.20. The Morgan fingerprint density at radius 1 is 1.18 bits per heavy atom. The van der Waals surface area contributed by atoms with Gasteiger partial charge in [0.25, 0.3) is 0 Å². The number of hydrogen-bond acceptors (Lipinski definition) is 3. The van der Waals surface area contributed by atoms with Crippen molar-refractivity contribution in [2.24, 2.45) is 5.92 Å². The average molecular weight is 308 g/mol. The van der Waals surface area contributed by atoms with E-state index < -0.39 is 0 Å². The maximum absolute atomic E-state index is 12.7. The van der Waals surface area contributed by atoms with E-state index in [1.54, 1.807) is 6.08 Å². The standard InChI is InChI=1S/C18H32N2O2/c1-15-8-10-16(11-9-15)20(14-17-6-5-13-22-17)18(21)7-4-12-19(2)3/h4,7,15-17H,5-6,8-14H2,1-3H3/b7-4+. The zero-order chi connectivity index (χ0) is 15.9. The molecular formula is C18H32N2O2. The summed E-state index contributed by atoms with van der Waals surface area (Å²) >= 11 is 0. The smallest absolute Gasteiger partial charge is 0.246 e. The molecule has 0 aromatic rings. The van der Waals surface area contributed by atoms with Gasteiger partial charge in [-0.25, -0.2) is 0 Å². The Morgan fingerprint density at radius 2 is 1.91 bits per heavy atom. The van der Waals surface area contributed by atoms with Crippen molar-refractivity contribution in [1.82, 2.24) is 9.80 Å². The first-order valence-corrected chi connectivity index (χ1v) is 8.79. The second kappa shape index (κ2) is 8.68. The summed E-state index contributed by atoms with van der Waals surface area (Å²) in [5, 5.41) is 0. The molecule has 22 heavy (non-hydrogen) atoms. The van der Waals surface area contributed by atoms with E-state index in [1.807, 2.05) is 20.2 Å². The number of nitrogens with zero attached hydrogens (tertiary/aromatic N) is 2. The molecule has 0 aromatic carbocycles. The van der Waals surface area contributed by atoms with Crippen molar-refractivity contribution >= 4 is 5.91 Å². The van der Waals surface area contributed by atoms with Crippen LogP contribution in [0.5, 0.6) is 0 Å². The van der Waals surface area contributed by atoms with E-state index in [0.29, 0.717) is 6.04 Å². The zero-order valence-electron chi connectivity index (χ0n) is 14.5. The summed E-state index contributed by atoms with van der Waals surface area (Å²) in [5.41, 5.74) is 0. The highest BCUT2D eigenvalue weighted by molar-refractivity contribution is 5.87. The molecule has 1 amide bonds. The lowest BCUT2D eigenvalue weighted by Gasteiger charge is -2.37. The number of carbonyl (C=O) groups is 1. The van der Waals surface area contributed by atoms with Crippen LogP contribution in [0, 0.1) is 5.92 Å². The molecule has 4 nitrogen and oxygen atoms in total. The summed E-state index contributed by atoms with van der Waals surface area (Å²) in [5.74, 6) is 0.970. The molecule has 2 aliphatic rings. The first-order valence-electron chi connectivity index (χ1n) is 8.79. The quantitative estimate of drug-likeness (QED) is 0.707.